The average molecular weight is 202 g/mol. The molecular formula is C11H14N4. The third-order valence-electron chi connectivity index (χ3n) is 2.34. The fourth-order valence-corrected chi connectivity index (χ4v) is 1.48. The van der Waals surface area contributed by atoms with Crippen LogP contribution >= 0.6 is 0 Å². The number of nitrogens with one attached hydrogen (secondary N) is 2. The highest BCUT2D eigenvalue weighted by molar-refractivity contribution is 5.32. The lowest BCUT2D eigenvalue weighted by Crippen LogP contribution is -1.92. The van der Waals surface area contributed by atoms with Crippen LogP contribution in [-0.2, 0) is 6.42 Å². The SMILES string of the molecule is CNc1nc(Cc2ccncc2)c(C)[nH]1. The molecule has 4 nitrogen and oxygen atoms in total. The number of rotatable bonds is 3. The van der Waals surface area contributed by atoms with Crippen LogP contribution in [0.25, 0.3) is 0 Å². The zero-order chi connectivity index (χ0) is 10.7. The standard InChI is InChI=1S/C11H14N4/c1-8-10(15-11(12-2)14-8)7-9-3-5-13-6-4-9/h3-6H,7H2,1-2H3,(H2,12,14,15). The van der Waals surface area contributed by atoms with Crippen LogP contribution in [0, 0.1) is 6.92 Å². The Morgan fingerprint density at radius 1 is 1.33 bits per heavy atom. The molecule has 2 aromatic heterocycles. The minimum atomic E-state index is 0.816. The summed E-state index contributed by atoms with van der Waals surface area (Å²) in [5.74, 6) is 0.816. The lowest BCUT2D eigenvalue weighted by Gasteiger charge is -1.97. The Labute approximate surface area is 88.8 Å². The van der Waals surface area contributed by atoms with Gasteiger partial charge in [0, 0.05) is 31.6 Å². The van der Waals surface area contributed by atoms with Gasteiger partial charge in [0.05, 0.1) is 5.69 Å². The molecule has 0 aromatic carbocycles. The van der Waals surface area contributed by atoms with Gasteiger partial charge in [0.15, 0.2) is 5.95 Å². The predicted octanol–water partition coefficient (Wildman–Crippen LogP) is 1.75. The number of hydrogen-bond donors (Lipinski definition) is 2. The summed E-state index contributed by atoms with van der Waals surface area (Å²) in [5.41, 5.74) is 3.41. The molecule has 0 bridgehead atoms. The maximum atomic E-state index is 4.44. The molecular weight excluding hydrogens is 188 g/mol. The summed E-state index contributed by atoms with van der Waals surface area (Å²) in [6.07, 6.45) is 4.44. The van der Waals surface area contributed by atoms with Gasteiger partial charge in [0.1, 0.15) is 0 Å². The summed E-state index contributed by atoms with van der Waals surface area (Å²) >= 11 is 0. The number of nitrogens with zero attached hydrogens (tertiary/aromatic N) is 2. The number of hydrogen-bond acceptors (Lipinski definition) is 3. The van der Waals surface area contributed by atoms with Gasteiger partial charge in [-0.2, -0.15) is 0 Å². The molecule has 0 amide bonds. The van der Waals surface area contributed by atoms with Gasteiger partial charge < -0.3 is 10.3 Å². The average Bonchev–Trinajstić information content (AvgIpc) is 2.61. The third kappa shape index (κ3) is 2.15. The van der Waals surface area contributed by atoms with Crippen molar-refractivity contribution in [2.24, 2.45) is 0 Å². The highest BCUT2D eigenvalue weighted by atomic mass is 15.1. The van der Waals surface area contributed by atoms with E-state index in [4.69, 9.17) is 0 Å². The first-order chi connectivity index (χ1) is 7.29. The van der Waals surface area contributed by atoms with E-state index in [1.165, 1.54) is 5.56 Å². The molecule has 0 fully saturated rings. The van der Waals surface area contributed by atoms with Crippen molar-refractivity contribution in [3.05, 3.63) is 41.5 Å². The van der Waals surface area contributed by atoms with Crippen molar-refractivity contribution in [3.63, 3.8) is 0 Å². The molecule has 78 valence electrons. The van der Waals surface area contributed by atoms with Crippen LogP contribution in [0.2, 0.25) is 0 Å². The van der Waals surface area contributed by atoms with Crippen LogP contribution in [0.1, 0.15) is 17.0 Å². The summed E-state index contributed by atoms with van der Waals surface area (Å²) in [5, 5.41) is 2.99. The van der Waals surface area contributed by atoms with Gasteiger partial charge in [0.25, 0.3) is 0 Å². The Morgan fingerprint density at radius 3 is 2.67 bits per heavy atom. The quantitative estimate of drug-likeness (QED) is 0.797. The molecule has 2 rings (SSSR count). The van der Waals surface area contributed by atoms with E-state index in [1.54, 1.807) is 12.4 Å². The van der Waals surface area contributed by atoms with Gasteiger partial charge in [-0.05, 0) is 24.6 Å². The summed E-state index contributed by atoms with van der Waals surface area (Å²) in [4.78, 5) is 11.6. The Morgan fingerprint density at radius 2 is 2.07 bits per heavy atom. The first kappa shape index (κ1) is 9.71. The molecule has 0 unspecified atom stereocenters. The molecule has 0 radical (unpaired) electrons. The van der Waals surface area contributed by atoms with Crippen LogP contribution in [0.3, 0.4) is 0 Å². The first-order valence-corrected chi connectivity index (χ1v) is 4.91. The lowest BCUT2D eigenvalue weighted by molar-refractivity contribution is 1.07. The fraction of sp³-hybridized carbons (Fsp3) is 0.273. The third-order valence-corrected chi connectivity index (χ3v) is 2.34. The molecule has 0 aliphatic rings. The predicted molar refractivity (Wildman–Crippen MR) is 59.9 cm³/mol. The summed E-state index contributed by atoms with van der Waals surface area (Å²) in [6, 6.07) is 4.01. The van der Waals surface area contributed by atoms with E-state index in [0.717, 1.165) is 23.8 Å². The minimum absolute atomic E-state index is 0.816. The Bertz CT molecular complexity index is 433. The molecule has 2 N–H and O–H groups in total. The largest absolute Gasteiger partial charge is 0.359 e. The van der Waals surface area contributed by atoms with Crippen molar-refractivity contribution in [1.82, 2.24) is 15.0 Å². The molecule has 15 heavy (non-hydrogen) atoms. The van der Waals surface area contributed by atoms with E-state index in [1.807, 2.05) is 26.1 Å². The second-order valence-corrected chi connectivity index (χ2v) is 3.44. The van der Waals surface area contributed by atoms with Crippen LogP contribution in [-0.4, -0.2) is 22.0 Å². The van der Waals surface area contributed by atoms with Crippen molar-refractivity contribution in [1.29, 1.82) is 0 Å². The molecule has 0 spiro atoms. The number of pyridine rings is 1. The molecule has 4 heteroatoms. The van der Waals surface area contributed by atoms with Gasteiger partial charge in [-0.1, -0.05) is 0 Å². The Kier molecular flexibility index (Phi) is 2.67. The normalized spacial score (nSPS) is 10.3. The maximum absolute atomic E-state index is 4.44. The van der Waals surface area contributed by atoms with Crippen molar-refractivity contribution in [3.8, 4) is 0 Å². The number of aromatic nitrogens is 3. The van der Waals surface area contributed by atoms with E-state index in [0.29, 0.717) is 0 Å². The van der Waals surface area contributed by atoms with E-state index in [9.17, 15) is 0 Å². The Hall–Kier alpha value is -1.84. The van der Waals surface area contributed by atoms with Gasteiger partial charge in [-0.3, -0.25) is 4.98 Å². The van der Waals surface area contributed by atoms with Gasteiger partial charge in [-0.25, -0.2) is 4.98 Å². The van der Waals surface area contributed by atoms with Crippen molar-refractivity contribution < 1.29 is 0 Å². The van der Waals surface area contributed by atoms with Crippen molar-refractivity contribution in [2.45, 2.75) is 13.3 Å². The zero-order valence-corrected chi connectivity index (χ0v) is 8.91. The van der Waals surface area contributed by atoms with Crippen LogP contribution in [0.4, 0.5) is 5.95 Å². The molecule has 2 aromatic rings. The van der Waals surface area contributed by atoms with Gasteiger partial charge in [-0.15, -0.1) is 0 Å². The highest BCUT2D eigenvalue weighted by Gasteiger charge is 2.05. The smallest absolute Gasteiger partial charge is 0.200 e. The summed E-state index contributed by atoms with van der Waals surface area (Å²) in [6.45, 7) is 2.03. The Balaban J connectivity index is 2.21. The van der Waals surface area contributed by atoms with E-state index < -0.39 is 0 Å². The summed E-state index contributed by atoms with van der Waals surface area (Å²) in [7, 11) is 1.86. The first-order valence-electron chi connectivity index (χ1n) is 4.91. The molecule has 0 saturated carbocycles. The number of imidazole rings is 1. The van der Waals surface area contributed by atoms with Crippen LogP contribution in [0.5, 0.6) is 0 Å². The maximum Gasteiger partial charge on any atom is 0.200 e. The van der Waals surface area contributed by atoms with Crippen LogP contribution in [0.15, 0.2) is 24.5 Å². The van der Waals surface area contributed by atoms with E-state index in [-0.39, 0.29) is 0 Å². The van der Waals surface area contributed by atoms with Gasteiger partial charge in [0.2, 0.25) is 0 Å². The minimum Gasteiger partial charge on any atom is -0.359 e. The molecule has 0 aliphatic heterocycles. The summed E-state index contributed by atoms with van der Waals surface area (Å²) < 4.78 is 0. The monoisotopic (exact) mass is 202 g/mol. The molecule has 0 atom stereocenters. The zero-order valence-electron chi connectivity index (χ0n) is 8.91. The van der Waals surface area contributed by atoms with E-state index >= 15 is 0 Å². The highest BCUT2D eigenvalue weighted by Crippen LogP contribution is 2.12. The van der Waals surface area contributed by atoms with Gasteiger partial charge >= 0.3 is 0 Å². The lowest BCUT2D eigenvalue weighted by atomic mass is 10.1. The molecule has 0 saturated heterocycles. The number of aryl methyl sites for hydroxylation is 1. The number of aromatic amines is 1. The fourth-order valence-electron chi connectivity index (χ4n) is 1.48. The molecule has 2 heterocycles. The van der Waals surface area contributed by atoms with E-state index in [2.05, 4.69) is 20.3 Å². The second kappa shape index (κ2) is 4.13. The van der Waals surface area contributed by atoms with Crippen LogP contribution < -0.4 is 5.32 Å². The van der Waals surface area contributed by atoms with Crippen molar-refractivity contribution in [2.75, 3.05) is 12.4 Å². The van der Waals surface area contributed by atoms with Crippen molar-refractivity contribution >= 4 is 5.95 Å². The second-order valence-electron chi connectivity index (χ2n) is 3.44. The number of anilines is 1. The topological polar surface area (TPSA) is 53.6 Å². The molecule has 0 aliphatic carbocycles. The number of H-pyrrole nitrogens is 1.